The first-order chi connectivity index (χ1) is 10.1. The van der Waals surface area contributed by atoms with Crippen molar-refractivity contribution in [3.8, 4) is 17.2 Å². The fourth-order valence-corrected chi connectivity index (χ4v) is 2.66. The van der Waals surface area contributed by atoms with Crippen molar-refractivity contribution >= 4 is 5.78 Å². The van der Waals surface area contributed by atoms with Gasteiger partial charge in [0.15, 0.2) is 17.3 Å². The minimum atomic E-state index is 0.00667. The molecule has 0 saturated heterocycles. The molecule has 0 amide bonds. The van der Waals surface area contributed by atoms with E-state index in [2.05, 4.69) is 0 Å². The number of carbonyl (C=O) groups excluding carboxylic acids is 1. The summed E-state index contributed by atoms with van der Waals surface area (Å²) >= 11 is 0. The Balaban J connectivity index is 2.45. The van der Waals surface area contributed by atoms with Crippen LogP contribution >= 0.6 is 0 Å². The van der Waals surface area contributed by atoms with Crippen molar-refractivity contribution in [2.45, 2.75) is 18.8 Å². The Morgan fingerprint density at radius 2 is 1.62 bits per heavy atom. The predicted molar refractivity (Wildman–Crippen MR) is 78.2 cm³/mol. The molecule has 0 N–H and O–H groups in total. The minimum Gasteiger partial charge on any atom is -0.501 e. The average molecular weight is 292 g/mol. The van der Waals surface area contributed by atoms with Crippen LogP contribution in [0, 0.1) is 0 Å². The van der Waals surface area contributed by atoms with Crippen molar-refractivity contribution < 1.29 is 23.7 Å². The van der Waals surface area contributed by atoms with Crippen molar-refractivity contribution in [2.75, 3.05) is 28.4 Å². The van der Waals surface area contributed by atoms with E-state index in [-0.39, 0.29) is 11.7 Å². The maximum absolute atomic E-state index is 11.8. The van der Waals surface area contributed by atoms with Gasteiger partial charge in [0.25, 0.3) is 0 Å². The van der Waals surface area contributed by atoms with Crippen molar-refractivity contribution in [1.82, 2.24) is 0 Å². The van der Waals surface area contributed by atoms with E-state index in [9.17, 15) is 4.79 Å². The van der Waals surface area contributed by atoms with Crippen LogP contribution in [-0.4, -0.2) is 34.2 Å². The molecule has 0 fully saturated rings. The van der Waals surface area contributed by atoms with Gasteiger partial charge in [-0.2, -0.15) is 0 Å². The van der Waals surface area contributed by atoms with Crippen LogP contribution in [-0.2, 0) is 9.53 Å². The highest BCUT2D eigenvalue weighted by Crippen LogP contribution is 2.45. The lowest BCUT2D eigenvalue weighted by Gasteiger charge is -2.24. The maximum atomic E-state index is 11.8. The highest BCUT2D eigenvalue weighted by atomic mass is 16.5. The summed E-state index contributed by atoms with van der Waals surface area (Å²) in [7, 11) is 6.30. The first-order valence-corrected chi connectivity index (χ1v) is 6.70. The average Bonchev–Trinajstić information content (AvgIpc) is 2.52. The van der Waals surface area contributed by atoms with E-state index in [4.69, 9.17) is 18.9 Å². The Hall–Kier alpha value is -2.17. The molecule has 1 aromatic carbocycles. The summed E-state index contributed by atoms with van der Waals surface area (Å²) in [6.45, 7) is 0. The zero-order valence-corrected chi connectivity index (χ0v) is 12.8. The fourth-order valence-electron chi connectivity index (χ4n) is 2.66. The standard InChI is InChI=1S/C16H20O5/c1-18-12-8-10(7-11(17)9-12)13-5-6-14(19-2)16(21-4)15(13)20-3/h5-6,9-10H,7-8H2,1-4H3. The Labute approximate surface area is 124 Å². The highest BCUT2D eigenvalue weighted by molar-refractivity contribution is 5.91. The van der Waals surface area contributed by atoms with E-state index in [0.717, 1.165) is 5.56 Å². The Kier molecular flexibility index (Phi) is 4.73. The largest absolute Gasteiger partial charge is 0.501 e. The van der Waals surface area contributed by atoms with E-state index in [0.29, 0.717) is 35.8 Å². The third-order valence-corrected chi connectivity index (χ3v) is 3.65. The molecule has 0 aromatic heterocycles. The van der Waals surface area contributed by atoms with Gasteiger partial charge in [-0.1, -0.05) is 6.07 Å². The van der Waals surface area contributed by atoms with Gasteiger partial charge in [-0.05, 0) is 6.07 Å². The molecule has 1 unspecified atom stereocenters. The molecule has 0 spiro atoms. The lowest BCUT2D eigenvalue weighted by atomic mass is 9.85. The Morgan fingerprint density at radius 1 is 0.905 bits per heavy atom. The number of hydrogen-bond acceptors (Lipinski definition) is 5. The molecule has 0 aliphatic heterocycles. The lowest BCUT2D eigenvalue weighted by molar-refractivity contribution is -0.115. The first kappa shape index (κ1) is 15.2. The topological polar surface area (TPSA) is 54.0 Å². The van der Waals surface area contributed by atoms with E-state index in [1.165, 1.54) is 0 Å². The Bertz CT molecular complexity index is 562. The zero-order chi connectivity index (χ0) is 15.4. The summed E-state index contributed by atoms with van der Waals surface area (Å²) in [5, 5.41) is 0. The molecule has 5 heteroatoms. The van der Waals surface area contributed by atoms with Crippen molar-refractivity contribution in [3.05, 3.63) is 29.5 Å². The van der Waals surface area contributed by atoms with E-state index < -0.39 is 0 Å². The summed E-state index contributed by atoms with van der Waals surface area (Å²) in [6, 6.07) is 3.74. The van der Waals surface area contributed by atoms with Crippen LogP contribution in [0.15, 0.2) is 24.0 Å². The van der Waals surface area contributed by atoms with Gasteiger partial charge in [0.1, 0.15) is 0 Å². The second-order valence-electron chi connectivity index (χ2n) is 4.81. The minimum absolute atomic E-state index is 0.00667. The Morgan fingerprint density at radius 3 is 2.19 bits per heavy atom. The van der Waals surface area contributed by atoms with Crippen LogP contribution < -0.4 is 14.2 Å². The summed E-state index contributed by atoms with van der Waals surface area (Å²) in [4.78, 5) is 11.8. The van der Waals surface area contributed by atoms with Gasteiger partial charge in [-0.3, -0.25) is 4.79 Å². The molecule has 1 aliphatic rings. The van der Waals surface area contributed by atoms with E-state index in [1.54, 1.807) is 34.5 Å². The number of ketones is 1. The molecule has 0 heterocycles. The number of rotatable bonds is 5. The number of benzene rings is 1. The monoisotopic (exact) mass is 292 g/mol. The molecule has 114 valence electrons. The molecular formula is C16H20O5. The number of carbonyl (C=O) groups is 1. The number of ether oxygens (including phenoxy) is 4. The van der Waals surface area contributed by atoms with Gasteiger partial charge < -0.3 is 18.9 Å². The SMILES string of the molecule is COC1=CC(=O)CC(c2ccc(OC)c(OC)c2OC)C1. The summed E-state index contributed by atoms with van der Waals surface area (Å²) in [5.41, 5.74) is 0.922. The number of allylic oxidation sites excluding steroid dienone is 2. The van der Waals surface area contributed by atoms with Crippen LogP contribution in [0.25, 0.3) is 0 Å². The predicted octanol–water partition coefficient (Wildman–Crippen LogP) is 2.69. The van der Waals surface area contributed by atoms with Gasteiger partial charge in [-0.25, -0.2) is 0 Å². The maximum Gasteiger partial charge on any atom is 0.203 e. The lowest BCUT2D eigenvalue weighted by Crippen LogP contribution is -2.14. The van der Waals surface area contributed by atoms with Crippen LogP contribution in [0.1, 0.15) is 24.3 Å². The summed E-state index contributed by atoms with van der Waals surface area (Å²) in [6.07, 6.45) is 2.65. The molecular weight excluding hydrogens is 272 g/mol. The third kappa shape index (κ3) is 2.96. The normalized spacial score (nSPS) is 18.0. The molecule has 0 bridgehead atoms. The van der Waals surface area contributed by atoms with Crippen LogP contribution in [0.4, 0.5) is 0 Å². The number of methoxy groups -OCH3 is 4. The summed E-state index contributed by atoms with van der Waals surface area (Å²) in [5.74, 6) is 2.49. The van der Waals surface area contributed by atoms with Gasteiger partial charge >= 0.3 is 0 Å². The van der Waals surface area contributed by atoms with Crippen molar-refractivity contribution in [3.63, 3.8) is 0 Å². The molecule has 5 nitrogen and oxygen atoms in total. The third-order valence-electron chi connectivity index (χ3n) is 3.65. The zero-order valence-electron chi connectivity index (χ0n) is 12.8. The quantitative estimate of drug-likeness (QED) is 0.835. The molecule has 0 saturated carbocycles. The first-order valence-electron chi connectivity index (χ1n) is 6.70. The molecule has 1 aromatic rings. The number of hydrogen-bond donors (Lipinski definition) is 0. The van der Waals surface area contributed by atoms with Crippen molar-refractivity contribution in [2.24, 2.45) is 0 Å². The second kappa shape index (κ2) is 6.52. The fraction of sp³-hybridized carbons (Fsp3) is 0.438. The van der Waals surface area contributed by atoms with Gasteiger partial charge in [0.2, 0.25) is 5.75 Å². The summed E-state index contributed by atoms with van der Waals surface area (Å²) < 4.78 is 21.4. The smallest absolute Gasteiger partial charge is 0.203 e. The second-order valence-corrected chi connectivity index (χ2v) is 4.81. The molecule has 0 radical (unpaired) electrons. The molecule has 2 rings (SSSR count). The van der Waals surface area contributed by atoms with Gasteiger partial charge in [0, 0.05) is 30.4 Å². The molecule has 1 aliphatic carbocycles. The molecule has 1 atom stereocenters. The van der Waals surface area contributed by atoms with Crippen LogP contribution in [0.5, 0.6) is 17.2 Å². The molecule has 21 heavy (non-hydrogen) atoms. The van der Waals surface area contributed by atoms with Crippen LogP contribution in [0.2, 0.25) is 0 Å². The van der Waals surface area contributed by atoms with Gasteiger partial charge in [-0.15, -0.1) is 0 Å². The van der Waals surface area contributed by atoms with Crippen molar-refractivity contribution in [1.29, 1.82) is 0 Å². The van der Waals surface area contributed by atoms with Gasteiger partial charge in [0.05, 0.1) is 34.2 Å². The van der Waals surface area contributed by atoms with Crippen LogP contribution in [0.3, 0.4) is 0 Å². The van der Waals surface area contributed by atoms with E-state index in [1.807, 2.05) is 12.1 Å². The van der Waals surface area contributed by atoms with E-state index >= 15 is 0 Å². The highest BCUT2D eigenvalue weighted by Gasteiger charge is 2.28.